The van der Waals surface area contributed by atoms with E-state index in [4.69, 9.17) is 0 Å². The molecule has 3 nitrogen and oxygen atoms in total. The number of rotatable bonds is 1. The highest BCUT2D eigenvalue weighted by Crippen LogP contribution is 2.42. The molecule has 1 saturated carbocycles. The fraction of sp³-hybridized carbons (Fsp3) is 1.00. The molecule has 0 unspecified atom stereocenters. The van der Waals surface area contributed by atoms with Crippen LogP contribution in [0.15, 0.2) is 0 Å². The van der Waals surface area contributed by atoms with Crippen LogP contribution in [0.3, 0.4) is 0 Å². The minimum Gasteiger partial charge on any atom is -0.311 e. The Hall–Kier alpha value is -0.120. The van der Waals surface area contributed by atoms with Crippen LogP contribution in [0.2, 0.25) is 0 Å². The van der Waals surface area contributed by atoms with Gasteiger partial charge < -0.3 is 10.2 Å². The van der Waals surface area contributed by atoms with Gasteiger partial charge in [0.05, 0.1) is 0 Å². The molecule has 1 spiro atoms. The predicted molar refractivity (Wildman–Crippen MR) is 57.4 cm³/mol. The Morgan fingerprint density at radius 3 is 2.29 bits per heavy atom. The Morgan fingerprint density at radius 1 is 1.14 bits per heavy atom. The van der Waals surface area contributed by atoms with E-state index in [2.05, 4.69) is 22.2 Å². The molecule has 0 atom stereocenters. The molecule has 0 bridgehead atoms. The number of piperazine rings is 1. The van der Waals surface area contributed by atoms with E-state index in [1.165, 1.54) is 52.0 Å². The number of nitrogens with zero attached hydrogens (tertiary/aromatic N) is 2. The van der Waals surface area contributed by atoms with Gasteiger partial charge in [0.2, 0.25) is 0 Å². The molecular weight excluding hydrogens is 174 g/mol. The monoisotopic (exact) mass is 195 g/mol. The van der Waals surface area contributed by atoms with Crippen molar-refractivity contribution in [3.8, 4) is 0 Å². The molecule has 3 aliphatic rings. The zero-order valence-corrected chi connectivity index (χ0v) is 9.13. The largest absolute Gasteiger partial charge is 0.311 e. The second-order valence-corrected chi connectivity index (χ2v) is 5.36. The molecule has 2 heterocycles. The number of likely N-dealkylation sites (N-methyl/N-ethyl adjacent to an activating group) is 1. The summed E-state index contributed by atoms with van der Waals surface area (Å²) in [6, 6.07) is 0.900. The Morgan fingerprint density at radius 2 is 1.79 bits per heavy atom. The summed E-state index contributed by atoms with van der Waals surface area (Å²) in [5, 5.41) is 3.60. The Bertz CT molecular complexity index is 209. The zero-order chi connectivity index (χ0) is 9.60. The van der Waals surface area contributed by atoms with Gasteiger partial charge in [-0.25, -0.2) is 0 Å². The smallest absolute Gasteiger partial charge is 0.0223 e. The van der Waals surface area contributed by atoms with E-state index in [9.17, 15) is 0 Å². The van der Waals surface area contributed by atoms with Gasteiger partial charge in [0.15, 0.2) is 0 Å². The van der Waals surface area contributed by atoms with Crippen LogP contribution in [-0.2, 0) is 0 Å². The number of hydrogen-bond acceptors (Lipinski definition) is 3. The summed E-state index contributed by atoms with van der Waals surface area (Å²) in [5.41, 5.74) is 0.605. The van der Waals surface area contributed by atoms with E-state index in [-0.39, 0.29) is 0 Å². The third-order valence-corrected chi connectivity index (χ3v) is 4.41. The summed E-state index contributed by atoms with van der Waals surface area (Å²) in [7, 11) is 2.23. The van der Waals surface area contributed by atoms with Crippen molar-refractivity contribution in [1.29, 1.82) is 0 Å². The maximum Gasteiger partial charge on any atom is 0.0223 e. The van der Waals surface area contributed by atoms with Gasteiger partial charge in [-0.05, 0) is 32.9 Å². The molecule has 2 aliphatic heterocycles. The first-order valence-corrected chi connectivity index (χ1v) is 5.95. The number of nitrogens with one attached hydrogen (secondary N) is 1. The van der Waals surface area contributed by atoms with Crippen molar-refractivity contribution in [2.45, 2.75) is 30.8 Å². The lowest BCUT2D eigenvalue weighted by atomic mass is 9.66. The molecule has 0 radical (unpaired) electrons. The van der Waals surface area contributed by atoms with Gasteiger partial charge in [0.25, 0.3) is 0 Å². The lowest BCUT2D eigenvalue weighted by molar-refractivity contribution is -0.0214. The highest BCUT2D eigenvalue weighted by atomic mass is 15.3. The summed E-state index contributed by atoms with van der Waals surface area (Å²) >= 11 is 0. The summed E-state index contributed by atoms with van der Waals surface area (Å²) in [6.07, 6.45) is 4.25. The summed E-state index contributed by atoms with van der Waals surface area (Å²) in [5.74, 6) is 0. The summed E-state index contributed by atoms with van der Waals surface area (Å²) in [6.45, 7) is 6.36. The summed E-state index contributed by atoms with van der Waals surface area (Å²) in [4.78, 5) is 5.14. The molecular formula is C11H21N3. The minimum atomic E-state index is 0.605. The Balaban J connectivity index is 1.49. The fourth-order valence-electron chi connectivity index (χ4n) is 3.11. The van der Waals surface area contributed by atoms with Crippen molar-refractivity contribution in [2.24, 2.45) is 0 Å². The Labute approximate surface area is 86.4 Å². The maximum atomic E-state index is 3.60. The third-order valence-electron chi connectivity index (χ3n) is 4.41. The first-order valence-electron chi connectivity index (χ1n) is 5.95. The van der Waals surface area contributed by atoms with Crippen molar-refractivity contribution in [1.82, 2.24) is 15.1 Å². The van der Waals surface area contributed by atoms with Gasteiger partial charge in [-0.15, -0.1) is 0 Å². The van der Waals surface area contributed by atoms with Gasteiger partial charge in [-0.1, -0.05) is 0 Å². The quantitative estimate of drug-likeness (QED) is 0.641. The first-order chi connectivity index (χ1) is 6.77. The standard InChI is InChI=1S/C11H21N3/c1-13-4-6-14(7-5-13)10-8-11(9-10)2-3-12-11/h10,12H,2-9H2,1H3. The van der Waals surface area contributed by atoms with Crippen molar-refractivity contribution in [3.63, 3.8) is 0 Å². The second kappa shape index (κ2) is 3.19. The molecule has 0 aromatic rings. The predicted octanol–water partition coefficient (Wildman–Crippen LogP) is 0.128. The highest BCUT2D eigenvalue weighted by Gasteiger charge is 2.49. The molecule has 0 amide bonds. The van der Waals surface area contributed by atoms with Gasteiger partial charge >= 0.3 is 0 Å². The Kier molecular flexibility index (Phi) is 2.08. The van der Waals surface area contributed by atoms with Crippen molar-refractivity contribution < 1.29 is 0 Å². The zero-order valence-electron chi connectivity index (χ0n) is 9.13. The minimum absolute atomic E-state index is 0.605. The fourth-order valence-corrected chi connectivity index (χ4v) is 3.11. The van der Waals surface area contributed by atoms with Crippen LogP contribution in [0.25, 0.3) is 0 Å². The van der Waals surface area contributed by atoms with E-state index in [1.807, 2.05) is 0 Å². The van der Waals surface area contributed by atoms with Crippen LogP contribution in [-0.4, -0.2) is 61.2 Å². The van der Waals surface area contributed by atoms with Gasteiger partial charge in [-0.2, -0.15) is 0 Å². The molecule has 0 aromatic heterocycles. The molecule has 3 heteroatoms. The lowest BCUT2D eigenvalue weighted by Crippen LogP contribution is -2.70. The van der Waals surface area contributed by atoms with Gasteiger partial charge in [0, 0.05) is 37.8 Å². The second-order valence-electron chi connectivity index (χ2n) is 5.36. The van der Waals surface area contributed by atoms with Gasteiger partial charge in [0.1, 0.15) is 0 Å². The van der Waals surface area contributed by atoms with E-state index in [0.29, 0.717) is 5.54 Å². The third kappa shape index (κ3) is 1.38. The van der Waals surface area contributed by atoms with Crippen LogP contribution >= 0.6 is 0 Å². The van der Waals surface area contributed by atoms with Crippen LogP contribution in [0, 0.1) is 0 Å². The molecule has 80 valence electrons. The SMILES string of the molecule is CN1CCN(C2CC3(CCN3)C2)CC1. The first kappa shape index (κ1) is 9.13. The summed E-state index contributed by atoms with van der Waals surface area (Å²) < 4.78 is 0. The van der Waals surface area contributed by atoms with Crippen LogP contribution < -0.4 is 5.32 Å². The van der Waals surface area contributed by atoms with E-state index in [1.54, 1.807) is 0 Å². The molecule has 0 aromatic carbocycles. The molecule has 2 saturated heterocycles. The number of hydrogen-bond donors (Lipinski definition) is 1. The average molecular weight is 195 g/mol. The van der Waals surface area contributed by atoms with Gasteiger partial charge in [-0.3, -0.25) is 4.90 Å². The van der Waals surface area contributed by atoms with E-state index < -0.39 is 0 Å². The molecule has 14 heavy (non-hydrogen) atoms. The van der Waals surface area contributed by atoms with Crippen LogP contribution in [0.1, 0.15) is 19.3 Å². The van der Waals surface area contributed by atoms with Crippen LogP contribution in [0.4, 0.5) is 0 Å². The van der Waals surface area contributed by atoms with Crippen molar-refractivity contribution in [2.75, 3.05) is 39.8 Å². The topological polar surface area (TPSA) is 18.5 Å². The molecule has 1 aliphatic carbocycles. The highest BCUT2D eigenvalue weighted by molar-refractivity contribution is 5.10. The molecule has 1 N–H and O–H groups in total. The molecule has 3 rings (SSSR count). The van der Waals surface area contributed by atoms with E-state index in [0.717, 1.165) is 6.04 Å². The lowest BCUT2D eigenvalue weighted by Gasteiger charge is -2.58. The van der Waals surface area contributed by atoms with E-state index >= 15 is 0 Å². The van der Waals surface area contributed by atoms with Crippen LogP contribution in [0.5, 0.6) is 0 Å². The van der Waals surface area contributed by atoms with Crippen molar-refractivity contribution >= 4 is 0 Å². The van der Waals surface area contributed by atoms with Crippen molar-refractivity contribution in [3.05, 3.63) is 0 Å². The molecule has 3 fully saturated rings. The maximum absolute atomic E-state index is 3.60. The average Bonchev–Trinajstić information content (AvgIpc) is 2.03. The normalized spacial score (nSPS) is 44.8.